The minimum absolute atomic E-state index is 0.642. The van der Waals surface area contributed by atoms with Crippen LogP contribution in [-0.4, -0.2) is 11.5 Å². The highest BCUT2D eigenvalue weighted by Crippen LogP contribution is 2.36. The van der Waals surface area contributed by atoms with Crippen LogP contribution in [0.15, 0.2) is 58.5 Å². The van der Waals surface area contributed by atoms with Gasteiger partial charge in [-0.2, -0.15) is 0 Å². The molecular formula is C16H15ClN2S. The van der Waals surface area contributed by atoms with E-state index in [1.165, 1.54) is 20.7 Å². The van der Waals surface area contributed by atoms with Gasteiger partial charge in [0.05, 0.1) is 0 Å². The summed E-state index contributed by atoms with van der Waals surface area (Å²) >= 11 is 7.86. The van der Waals surface area contributed by atoms with Crippen LogP contribution in [0.4, 0.5) is 0 Å². The number of para-hydroxylation sites is 1. The first-order valence-electron chi connectivity index (χ1n) is 6.50. The molecule has 4 heteroatoms. The third-order valence-corrected chi connectivity index (χ3v) is 4.61. The maximum absolute atomic E-state index is 6.12. The van der Waals surface area contributed by atoms with Gasteiger partial charge in [-0.25, -0.2) is 0 Å². The second-order valence-electron chi connectivity index (χ2n) is 4.59. The Morgan fingerprint density at radius 3 is 2.80 bits per heavy atom. The molecular weight excluding hydrogens is 288 g/mol. The van der Waals surface area contributed by atoms with Crippen LogP contribution in [-0.2, 0) is 6.42 Å². The molecule has 2 aromatic carbocycles. The average Bonchev–Trinajstić information content (AvgIpc) is 2.86. The van der Waals surface area contributed by atoms with E-state index in [0.717, 1.165) is 17.0 Å². The van der Waals surface area contributed by atoms with Crippen LogP contribution in [0, 0.1) is 0 Å². The lowest BCUT2D eigenvalue weighted by Crippen LogP contribution is -2.03. The smallest absolute Gasteiger partial charge is 0.0465 e. The van der Waals surface area contributed by atoms with Crippen molar-refractivity contribution in [1.82, 2.24) is 4.98 Å². The predicted octanol–water partition coefficient (Wildman–Crippen LogP) is 4.47. The van der Waals surface area contributed by atoms with E-state index >= 15 is 0 Å². The molecule has 0 amide bonds. The van der Waals surface area contributed by atoms with Crippen molar-refractivity contribution in [3.63, 3.8) is 0 Å². The zero-order valence-corrected chi connectivity index (χ0v) is 12.5. The number of rotatable bonds is 4. The number of hydrogen-bond donors (Lipinski definition) is 2. The second-order valence-corrected chi connectivity index (χ2v) is 6.11. The van der Waals surface area contributed by atoms with Crippen LogP contribution in [0.3, 0.4) is 0 Å². The van der Waals surface area contributed by atoms with Crippen LogP contribution in [0.5, 0.6) is 0 Å². The molecule has 2 nitrogen and oxygen atoms in total. The number of hydrogen-bond acceptors (Lipinski definition) is 2. The van der Waals surface area contributed by atoms with Gasteiger partial charge in [-0.3, -0.25) is 0 Å². The highest BCUT2D eigenvalue weighted by Gasteiger charge is 2.09. The fourth-order valence-electron chi connectivity index (χ4n) is 2.23. The summed E-state index contributed by atoms with van der Waals surface area (Å²) in [5.74, 6) is 0. The van der Waals surface area contributed by atoms with Gasteiger partial charge in [-0.1, -0.05) is 47.6 Å². The maximum Gasteiger partial charge on any atom is 0.0465 e. The summed E-state index contributed by atoms with van der Waals surface area (Å²) in [6.45, 7) is 0.642. The van der Waals surface area contributed by atoms with Crippen LogP contribution in [0.2, 0.25) is 5.02 Å². The van der Waals surface area contributed by atoms with Gasteiger partial charge in [0.15, 0.2) is 0 Å². The lowest BCUT2D eigenvalue weighted by atomic mass is 10.1. The van der Waals surface area contributed by atoms with Gasteiger partial charge in [-0.15, -0.1) is 0 Å². The van der Waals surface area contributed by atoms with E-state index in [2.05, 4.69) is 29.2 Å². The molecule has 3 aromatic rings. The molecule has 0 atom stereocenters. The quantitative estimate of drug-likeness (QED) is 0.746. The fraction of sp³-hybridized carbons (Fsp3) is 0.125. The highest BCUT2D eigenvalue weighted by atomic mass is 35.5. The lowest BCUT2D eigenvalue weighted by Gasteiger charge is -2.08. The standard InChI is InChI=1S/C16H15ClN2S/c17-12-6-5-11(7-8-18)15(9-12)20-16-10-19-14-4-2-1-3-13(14)16/h1-6,9-10,19H,7-8,18H2. The van der Waals surface area contributed by atoms with Crippen LogP contribution in [0.25, 0.3) is 10.9 Å². The number of nitrogens with two attached hydrogens (primary N) is 1. The number of aromatic nitrogens is 1. The van der Waals surface area contributed by atoms with Crippen molar-refractivity contribution in [3.8, 4) is 0 Å². The van der Waals surface area contributed by atoms with E-state index in [4.69, 9.17) is 17.3 Å². The molecule has 0 fully saturated rings. The third kappa shape index (κ3) is 2.70. The first-order chi connectivity index (χ1) is 9.78. The molecule has 0 aliphatic carbocycles. The molecule has 1 heterocycles. The molecule has 102 valence electrons. The van der Waals surface area contributed by atoms with Gasteiger partial charge in [0.1, 0.15) is 0 Å². The Morgan fingerprint density at radius 1 is 1.10 bits per heavy atom. The van der Waals surface area contributed by atoms with E-state index in [9.17, 15) is 0 Å². The summed E-state index contributed by atoms with van der Waals surface area (Å²) in [5, 5.41) is 1.99. The number of nitrogens with one attached hydrogen (secondary N) is 1. The van der Waals surface area contributed by atoms with E-state index in [-0.39, 0.29) is 0 Å². The Hall–Kier alpha value is -1.42. The number of benzene rings is 2. The monoisotopic (exact) mass is 302 g/mol. The highest BCUT2D eigenvalue weighted by molar-refractivity contribution is 7.99. The molecule has 0 unspecified atom stereocenters. The Morgan fingerprint density at radius 2 is 1.95 bits per heavy atom. The van der Waals surface area contributed by atoms with Crippen molar-refractivity contribution < 1.29 is 0 Å². The van der Waals surface area contributed by atoms with Crippen molar-refractivity contribution in [2.24, 2.45) is 5.73 Å². The summed E-state index contributed by atoms with van der Waals surface area (Å²) < 4.78 is 0. The molecule has 0 radical (unpaired) electrons. The van der Waals surface area contributed by atoms with Gasteiger partial charge in [-0.05, 0) is 36.7 Å². The van der Waals surface area contributed by atoms with E-state index in [1.54, 1.807) is 11.8 Å². The van der Waals surface area contributed by atoms with Gasteiger partial charge in [0.2, 0.25) is 0 Å². The lowest BCUT2D eigenvalue weighted by molar-refractivity contribution is 0.944. The molecule has 0 aliphatic heterocycles. The molecule has 0 saturated carbocycles. The van der Waals surface area contributed by atoms with E-state index in [1.807, 2.05) is 24.4 Å². The van der Waals surface area contributed by atoms with Crippen LogP contribution >= 0.6 is 23.4 Å². The van der Waals surface area contributed by atoms with Crippen LogP contribution in [0.1, 0.15) is 5.56 Å². The van der Waals surface area contributed by atoms with Gasteiger partial charge >= 0.3 is 0 Å². The minimum Gasteiger partial charge on any atom is -0.360 e. The topological polar surface area (TPSA) is 41.8 Å². The van der Waals surface area contributed by atoms with Crippen molar-refractivity contribution in [2.45, 2.75) is 16.2 Å². The van der Waals surface area contributed by atoms with Crippen molar-refractivity contribution >= 4 is 34.3 Å². The summed E-state index contributed by atoms with van der Waals surface area (Å²) in [6.07, 6.45) is 2.91. The number of fused-ring (bicyclic) bond motifs is 1. The molecule has 0 bridgehead atoms. The second kappa shape index (κ2) is 5.92. The Balaban J connectivity index is 2.00. The molecule has 3 rings (SSSR count). The van der Waals surface area contributed by atoms with Gasteiger partial charge in [0.25, 0.3) is 0 Å². The van der Waals surface area contributed by atoms with Crippen molar-refractivity contribution in [2.75, 3.05) is 6.54 Å². The van der Waals surface area contributed by atoms with Crippen molar-refractivity contribution in [3.05, 3.63) is 59.2 Å². The maximum atomic E-state index is 6.12. The van der Waals surface area contributed by atoms with Crippen LogP contribution < -0.4 is 5.73 Å². The number of H-pyrrole nitrogens is 1. The SMILES string of the molecule is NCCc1ccc(Cl)cc1Sc1c[nH]c2ccccc12. The molecule has 3 N–H and O–H groups in total. The first-order valence-corrected chi connectivity index (χ1v) is 7.70. The van der Waals surface area contributed by atoms with Crippen molar-refractivity contribution in [1.29, 1.82) is 0 Å². The molecule has 0 saturated heterocycles. The first kappa shape index (κ1) is 13.6. The molecule has 1 aromatic heterocycles. The number of aromatic amines is 1. The van der Waals surface area contributed by atoms with Gasteiger partial charge in [0, 0.05) is 31.9 Å². The fourth-order valence-corrected chi connectivity index (χ4v) is 3.60. The predicted molar refractivity (Wildman–Crippen MR) is 86.6 cm³/mol. The Labute approximate surface area is 127 Å². The summed E-state index contributed by atoms with van der Waals surface area (Å²) in [5.41, 5.74) is 8.08. The summed E-state index contributed by atoms with van der Waals surface area (Å²) in [7, 11) is 0. The Bertz CT molecular complexity index is 736. The zero-order valence-electron chi connectivity index (χ0n) is 10.9. The van der Waals surface area contributed by atoms with E-state index in [0.29, 0.717) is 6.54 Å². The normalized spacial score (nSPS) is 11.1. The molecule has 0 spiro atoms. The Kier molecular flexibility index (Phi) is 4.01. The average molecular weight is 303 g/mol. The van der Waals surface area contributed by atoms with E-state index < -0.39 is 0 Å². The summed E-state index contributed by atoms with van der Waals surface area (Å²) in [6, 6.07) is 14.3. The van der Waals surface area contributed by atoms with Gasteiger partial charge < -0.3 is 10.7 Å². The summed E-state index contributed by atoms with van der Waals surface area (Å²) in [4.78, 5) is 5.68. The number of halogens is 1. The largest absolute Gasteiger partial charge is 0.360 e. The third-order valence-electron chi connectivity index (χ3n) is 3.21. The minimum atomic E-state index is 0.642. The molecule has 0 aliphatic rings. The zero-order chi connectivity index (χ0) is 13.9. The molecule has 20 heavy (non-hydrogen) atoms.